The summed E-state index contributed by atoms with van der Waals surface area (Å²) in [6.07, 6.45) is 0. The van der Waals surface area contributed by atoms with Gasteiger partial charge in [0.25, 0.3) is 0 Å². The Morgan fingerprint density at radius 1 is 1.37 bits per heavy atom. The molecule has 0 atom stereocenters. The summed E-state index contributed by atoms with van der Waals surface area (Å²) in [5, 5.41) is 3.27. The van der Waals surface area contributed by atoms with Crippen LogP contribution >= 0.6 is 0 Å². The van der Waals surface area contributed by atoms with E-state index in [4.69, 9.17) is 0 Å². The summed E-state index contributed by atoms with van der Waals surface area (Å²) in [6, 6.07) is 3.78. The first kappa shape index (κ1) is 14.4. The summed E-state index contributed by atoms with van der Waals surface area (Å²) < 4.78 is 39.7. The van der Waals surface area contributed by atoms with E-state index in [-0.39, 0.29) is 10.4 Å². The fourth-order valence-corrected chi connectivity index (χ4v) is 4.15. The minimum absolute atomic E-state index is 0.187. The van der Waals surface area contributed by atoms with Crippen molar-refractivity contribution in [3.8, 4) is 0 Å². The lowest BCUT2D eigenvalue weighted by Crippen LogP contribution is -2.58. The topological polar surface area (TPSA) is 49.4 Å². The van der Waals surface area contributed by atoms with E-state index in [1.807, 2.05) is 13.8 Å². The zero-order chi connectivity index (χ0) is 14.3. The zero-order valence-corrected chi connectivity index (χ0v) is 12.2. The molecule has 0 saturated carbocycles. The highest BCUT2D eigenvalue weighted by Crippen LogP contribution is 2.23. The average molecular weight is 286 g/mol. The Balaban J connectivity index is 2.37. The van der Waals surface area contributed by atoms with Gasteiger partial charge in [0.1, 0.15) is 5.82 Å². The molecule has 0 spiro atoms. The minimum atomic E-state index is -3.55. The molecule has 2 rings (SSSR count). The number of piperazine rings is 1. The second-order valence-corrected chi connectivity index (χ2v) is 7.47. The van der Waals surface area contributed by atoms with Gasteiger partial charge in [0, 0.05) is 25.2 Å². The predicted molar refractivity (Wildman–Crippen MR) is 72.0 cm³/mol. The van der Waals surface area contributed by atoms with Gasteiger partial charge in [-0.1, -0.05) is 0 Å². The highest BCUT2D eigenvalue weighted by molar-refractivity contribution is 7.89. The van der Waals surface area contributed by atoms with Crippen molar-refractivity contribution >= 4 is 10.0 Å². The van der Waals surface area contributed by atoms with Gasteiger partial charge in [0.15, 0.2) is 0 Å². The normalized spacial score (nSPS) is 20.4. The number of rotatable bonds is 2. The van der Waals surface area contributed by atoms with Crippen LogP contribution < -0.4 is 5.32 Å². The molecule has 1 aromatic carbocycles. The fourth-order valence-electron chi connectivity index (χ4n) is 2.34. The molecule has 106 valence electrons. The average Bonchev–Trinajstić information content (AvgIpc) is 2.27. The Kier molecular flexibility index (Phi) is 3.68. The molecule has 0 aliphatic carbocycles. The van der Waals surface area contributed by atoms with E-state index in [2.05, 4.69) is 5.32 Å². The number of hydrogen-bond donors (Lipinski definition) is 1. The van der Waals surface area contributed by atoms with E-state index in [9.17, 15) is 12.8 Å². The van der Waals surface area contributed by atoms with Gasteiger partial charge in [0.05, 0.1) is 4.90 Å². The molecule has 1 fully saturated rings. The van der Waals surface area contributed by atoms with Crippen LogP contribution in [0.5, 0.6) is 0 Å². The molecule has 1 N–H and O–H groups in total. The van der Waals surface area contributed by atoms with Gasteiger partial charge in [-0.3, -0.25) is 0 Å². The van der Waals surface area contributed by atoms with Crippen molar-refractivity contribution in [2.75, 3.05) is 19.6 Å². The van der Waals surface area contributed by atoms with Gasteiger partial charge < -0.3 is 5.32 Å². The number of benzene rings is 1. The molecule has 1 aliphatic heterocycles. The second-order valence-electron chi connectivity index (χ2n) is 5.56. The van der Waals surface area contributed by atoms with Crippen LogP contribution in [0.15, 0.2) is 23.1 Å². The lowest BCUT2D eigenvalue weighted by Gasteiger charge is -2.38. The van der Waals surface area contributed by atoms with Gasteiger partial charge >= 0.3 is 0 Å². The third kappa shape index (κ3) is 2.96. The van der Waals surface area contributed by atoms with Crippen LogP contribution in [-0.2, 0) is 10.0 Å². The molecule has 1 aromatic rings. The minimum Gasteiger partial charge on any atom is -0.309 e. The van der Waals surface area contributed by atoms with Crippen LogP contribution in [0.4, 0.5) is 4.39 Å². The van der Waals surface area contributed by atoms with E-state index in [1.54, 1.807) is 6.92 Å². The van der Waals surface area contributed by atoms with Gasteiger partial charge in [0.2, 0.25) is 10.0 Å². The fraction of sp³-hybridized carbons (Fsp3) is 0.538. The standard InChI is InChI=1S/C13H19FN2O2S/c1-10-8-11(14)4-5-12(10)19(17,18)16-7-6-15-13(2,3)9-16/h4-5,8,15H,6-7,9H2,1-3H3. The molecule has 1 heterocycles. The molecule has 1 aliphatic rings. The summed E-state index contributed by atoms with van der Waals surface area (Å²) in [4.78, 5) is 0.187. The van der Waals surface area contributed by atoms with Gasteiger partial charge in [-0.25, -0.2) is 12.8 Å². The quantitative estimate of drug-likeness (QED) is 0.896. The van der Waals surface area contributed by atoms with Crippen molar-refractivity contribution in [2.24, 2.45) is 0 Å². The van der Waals surface area contributed by atoms with Crippen molar-refractivity contribution in [3.05, 3.63) is 29.6 Å². The van der Waals surface area contributed by atoms with Crippen LogP contribution in [0.2, 0.25) is 0 Å². The highest BCUT2D eigenvalue weighted by atomic mass is 32.2. The molecule has 0 aromatic heterocycles. The SMILES string of the molecule is Cc1cc(F)ccc1S(=O)(=O)N1CCNC(C)(C)C1. The van der Waals surface area contributed by atoms with Crippen LogP contribution in [0.3, 0.4) is 0 Å². The largest absolute Gasteiger partial charge is 0.309 e. The maximum atomic E-state index is 13.1. The monoisotopic (exact) mass is 286 g/mol. The Labute approximate surface area is 113 Å². The Morgan fingerprint density at radius 3 is 2.63 bits per heavy atom. The lowest BCUT2D eigenvalue weighted by atomic mass is 10.0. The first-order chi connectivity index (χ1) is 8.72. The molecule has 0 radical (unpaired) electrons. The number of sulfonamides is 1. The van der Waals surface area contributed by atoms with Crippen LogP contribution in [-0.4, -0.2) is 37.9 Å². The first-order valence-electron chi connectivity index (χ1n) is 6.24. The number of nitrogens with one attached hydrogen (secondary N) is 1. The Hall–Kier alpha value is -0.980. The number of hydrogen-bond acceptors (Lipinski definition) is 3. The lowest BCUT2D eigenvalue weighted by molar-refractivity contribution is 0.233. The van der Waals surface area contributed by atoms with Crippen molar-refractivity contribution < 1.29 is 12.8 Å². The maximum Gasteiger partial charge on any atom is 0.243 e. The first-order valence-corrected chi connectivity index (χ1v) is 7.68. The molecule has 0 bridgehead atoms. The van der Waals surface area contributed by atoms with E-state index >= 15 is 0 Å². The van der Waals surface area contributed by atoms with Gasteiger partial charge in [-0.2, -0.15) is 4.31 Å². The third-order valence-corrected chi connectivity index (χ3v) is 5.30. The smallest absolute Gasteiger partial charge is 0.243 e. The molecule has 6 heteroatoms. The highest BCUT2D eigenvalue weighted by Gasteiger charge is 2.34. The summed E-state index contributed by atoms with van der Waals surface area (Å²) in [7, 11) is -3.55. The molecular weight excluding hydrogens is 267 g/mol. The Bertz CT molecular complexity index is 584. The molecule has 0 amide bonds. The maximum absolute atomic E-state index is 13.1. The van der Waals surface area contributed by atoms with Gasteiger partial charge in [-0.05, 0) is 44.5 Å². The molecule has 4 nitrogen and oxygen atoms in total. The molecular formula is C13H19FN2O2S. The van der Waals surface area contributed by atoms with E-state index in [0.717, 1.165) is 0 Å². The predicted octanol–water partition coefficient (Wildman–Crippen LogP) is 1.51. The van der Waals surface area contributed by atoms with Crippen LogP contribution in [0, 0.1) is 12.7 Å². The Morgan fingerprint density at radius 2 is 2.05 bits per heavy atom. The van der Waals surface area contributed by atoms with Crippen molar-refractivity contribution in [1.82, 2.24) is 9.62 Å². The summed E-state index contributed by atoms with van der Waals surface area (Å²) in [6.45, 7) is 7.00. The van der Waals surface area contributed by atoms with Crippen molar-refractivity contribution in [2.45, 2.75) is 31.2 Å². The number of halogens is 1. The molecule has 0 unspecified atom stereocenters. The van der Waals surface area contributed by atoms with E-state index in [0.29, 0.717) is 25.2 Å². The van der Waals surface area contributed by atoms with Crippen molar-refractivity contribution in [1.29, 1.82) is 0 Å². The molecule has 1 saturated heterocycles. The molecule has 19 heavy (non-hydrogen) atoms. The van der Waals surface area contributed by atoms with Crippen LogP contribution in [0.25, 0.3) is 0 Å². The number of nitrogens with zero attached hydrogens (tertiary/aromatic N) is 1. The van der Waals surface area contributed by atoms with E-state index in [1.165, 1.54) is 22.5 Å². The second kappa shape index (κ2) is 4.85. The third-order valence-electron chi connectivity index (χ3n) is 3.29. The van der Waals surface area contributed by atoms with Crippen molar-refractivity contribution in [3.63, 3.8) is 0 Å². The summed E-state index contributed by atoms with van der Waals surface area (Å²) in [5.41, 5.74) is 0.190. The zero-order valence-electron chi connectivity index (χ0n) is 11.4. The summed E-state index contributed by atoms with van der Waals surface area (Å²) in [5.74, 6) is -0.419. The number of aryl methyl sites for hydroxylation is 1. The summed E-state index contributed by atoms with van der Waals surface area (Å²) >= 11 is 0. The van der Waals surface area contributed by atoms with E-state index < -0.39 is 15.8 Å². The van der Waals surface area contributed by atoms with Crippen LogP contribution in [0.1, 0.15) is 19.4 Å². The van der Waals surface area contributed by atoms with Gasteiger partial charge in [-0.15, -0.1) is 0 Å².